The molecule has 5 atom stereocenters. The minimum Gasteiger partial charge on any atom is -0.400 e. The Kier molecular flexibility index (Phi) is 46.6. The van der Waals surface area contributed by atoms with Crippen molar-refractivity contribution >= 4 is 24.5 Å². The van der Waals surface area contributed by atoms with Gasteiger partial charge in [-0.25, -0.2) is 0 Å². The number of carbonyl (C=O) groups excluding carboxylic acids is 4. The van der Waals surface area contributed by atoms with Gasteiger partial charge in [-0.3, -0.25) is 14.4 Å². The number of methoxy groups -OCH3 is 1. The third-order valence-corrected chi connectivity index (χ3v) is 6.89. The second-order valence-electron chi connectivity index (χ2n) is 10.6. The number of likely N-dealkylation sites (tertiary alicyclic amines) is 1. The van der Waals surface area contributed by atoms with E-state index < -0.39 is 6.10 Å². The van der Waals surface area contributed by atoms with E-state index in [0.717, 1.165) is 45.7 Å². The van der Waals surface area contributed by atoms with Crippen molar-refractivity contribution in [1.82, 2.24) is 25.8 Å². The molecule has 1 fully saturated rings. The fourth-order valence-corrected chi connectivity index (χ4v) is 4.44. The minimum atomic E-state index is -0.452. The molecule has 3 amide bonds. The first kappa shape index (κ1) is 52.5. The zero-order valence-electron chi connectivity index (χ0n) is 31.7. The molecule has 0 saturated carbocycles. The zero-order valence-corrected chi connectivity index (χ0v) is 31.7. The number of likely N-dealkylation sites (N-methyl/N-ethyl adjacent to an activating group) is 1. The van der Waals surface area contributed by atoms with Gasteiger partial charge in [0.15, 0.2) is 0 Å². The summed E-state index contributed by atoms with van der Waals surface area (Å²) in [5.41, 5.74) is 0. The van der Waals surface area contributed by atoms with Crippen LogP contribution in [0.2, 0.25) is 0 Å². The maximum absolute atomic E-state index is 13.1. The number of rotatable bonds is 16. The monoisotopic (exact) mass is 650 g/mol. The molecule has 1 rings (SSSR count). The summed E-state index contributed by atoms with van der Waals surface area (Å²) in [6.45, 7) is 21.2. The number of aliphatic hydroxyl groups is 1. The van der Waals surface area contributed by atoms with Crippen LogP contribution in [0.5, 0.6) is 0 Å². The van der Waals surface area contributed by atoms with E-state index in [0.29, 0.717) is 19.4 Å². The normalized spacial score (nSPS) is 15.4. The van der Waals surface area contributed by atoms with Crippen LogP contribution >= 0.6 is 0 Å². The summed E-state index contributed by atoms with van der Waals surface area (Å²) in [4.78, 5) is 50.5. The van der Waals surface area contributed by atoms with Gasteiger partial charge in [0.25, 0.3) is 0 Å². The van der Waals surface area contributed by atoms with Gasteiger partial charge in [-0.05, 0) is 58.8 Å². The predicted molar refractivity (Wildman–Crippen MR) is 189 cm³/mol. The topological polar surface area (TPSA) is 140 Å². The highest BCUT2D eigenvalue weighted by Gasteiger charge is 2.37. The molecule has 4 N–H and O–H groups in total. The van der Waals surface area contributed by atoms with Crippen molar-refractivity contribution in [2.24, 2.45) is 11.8 Å². The van der Waals surface area contributed by atoms with Gasteiger partial charge in [-0.15, -0.1) is 0 Å². The van der Waals surface area contributed by atoms with Crippen molar-refractivity contribution in [3.05, 3.63) is 0 Å². The number of aliphatic hydroxyl groups excluding tert-OH is 1. The number of ether oxygens (including phenoxy) is 1. The molecular weight excluding hydrogens is 574 g/mol. The summed E-state index contributed by atoms with van der Waals surface area (Å²) in [6.07, 6.45) is 6.98. The van der Waals surface area contributed by atoms with E-state index in [4.69, 9.17) is 9.84 Å². The first-order valence-corrected chi connectivity index (χ1v) is 17.0. The molecule has 5 unspecified atom stereocenters. The molecule has 45 heavy (non-hydrogen) atoms. The van der Waals surface area contributed by atoms with E-state index in [1.807, 2.05) is 53.6 Å². The summed E-state index contributed by atoms with van der Waals surface area (Å²) in [7, 11) is 8.14. The number of carbonyl (C=O) groups is 4. The van der Waals surface area contributed by atoms with Crippen molar-refractivity contribution in [1.29, 1.82) is 0 Å². The Morgan fingerprint density at radius 1 is 1.04 bits per heavy atom. The first-order chi connectivity index (χ1) is 21.5. The molecule has 0 bridgehead atoms. The molecule has 0 spiro atoms. The average Bonchev–Trinajstić information content (AvgIpc) is 3.53. The van der Waals surface area contributed by atoms with E-state index >= 15 is 0 Å². The molecule has 0 aliphatic carbocycles. The molecule has 1 aliphatic rings. The lowest BCUT2D eigenvalue weighted by Gasteiger charge is -2.38. The van der Waals surface area contributed by atoms with Crippen LogP contribution in [-0.2, 0) is 23.9 Å². The van der Waals surface area contributed by atoms with E-state index in [9.17, 15) is 19.2 Å². The van der Waals surface area contributed by atoms with E-state index in [1.54, 1.807) is 19.1 Å². The number of amides is 3. The van der Waals surface area contributed by atoms with Crippen LogP contribution in [0.25, 0.3) is 0 Å². The van der Waals surface area contributed by atoms with Crippen LogP contribution in [-0.4, -0.2) is 119 Å². The molecular formula is C34H75N5O6. The highest BCUT2D eigenvalue weighted by atomic mass is 16.5. The number of hydrogen-bond acceptors (Lipinski definition) is 8. The molecule has 0 aromatic carbocycles. The number of hydrogen-bond donors (Lipinski definition) is 4. The third-order valence-electron chi connectivity index (χ3n) is 6.89. The van der Waals surface area contributed by atoms with Crippen LogP contribution in [0.4, 0.5) is 0 Å². The van der Waals surface area contributed by atoms with Crippen LogP contribution in [0.1, 0.15) is 107 Å². The predicted octanol–water partition coefficient (Wildman–Crippen LogP) is 4.12. The van der Waals surface area contributed by atoms with Gasteiger partial charge < -0.3 is 40.4 Å². The molecule has 0 radical (unpaired) electrons. The molecule has 272 valence electrons. The second-order valence-corrected chi connectivity index (χ2v) is 10.6. The van der Waals surface area contributed by atoms with E-state index in [2.05, 4.69) is 43.6 Å². The van der Waals surface area contributed by atoms with Crippen LogP contribution in [0, 0.1) is 11.8 Å². The lowest BCUT2D eigenvalue weighted by atomic mass is 9.90. The van der Waals surface area contributed by atoms with Crippen molar-refractivity contribution in [2.45, 2.75) is 125 Å². The van der Waals surface area contributed by atoms with Crippen molar-refractivity contribution in [3.63, 3.8) is 0 Å². The quantitative estimate of drug-likeness (QED) is 0.183. The standard InChI is InChI=1S/C21H37N3O5.C4H11N.C3H9N.C3H8.C2H6.CH4O/c1-6-16(3)21(23(4)20(28)12-22-14-26)18(29-5)11-19(27)24-9-7-8-17(24)10-15(2)13-25;1-3-4-5-2;1-3-4-2;1-3-2;2*1-2/h13-18,21H,6-12H2,1-5H3,(H,22,26);5H,3-4H2,1-2H3;4H,3H2,1-2H3;3H2,1-2H3;1-2H3;2H,1H3. The minimum absolute atomic E-state index is 0.00221. The number of nitrogens with one attached hydrogen (secondary N) is 3. The van der Waals surface area contributed by atoms with E-state index in [1.165, 1.54) is 12.8 Å². The van der Waals surface area contributed by atoms with Gasteiger partial charge in [0, 0.05) is 39.8 Å². The zero-order chi connectivity index (χ0) is 36.2. The van der Waals surface area contributed by atoms with E-state index in [-0.39, 0.29) is 48.7 Å². The van der Waals surface area contributed by atoms with Gasteiger partial charge in [-0.1, -0.05) is 75.2 Å². The molecule has 0 aromatic heterocycles. The maximum Gasteiger partial charge on any atom is 0.242 e. The van der Waals surface area contributed by atoms with Crippen molar-refractivity contribution < 1.29 is 29.0 Å². The molecule has 1 aliphatic heterocycles. The summed E-state index contributed by atoms with van der Waals surface area (Å²) in [5.74, 6) is -0.190. The van der Waals surface area contributed by atoms with Crippen LogP contribution < -0.4 is 16.0 Å². The van der Waals surface area contributed by atoms with Gasteiger partial charge in [-0.2, -0.15) is 0 Å². The fourth-order valence-electron chi connectivity index (χ4n) is 4.44. The van der Waals surface area contributed by atoms with Crippen LogP contribution in [0.3, 0.4) is 0 Å². The maximum atomic E-state index is 13.1. The molecule has 1 saturated heterocycles. The molecule has 1 heterocycles. The Morgan fingerprint density at radius 3 is 1.93 bits per heavy atom. The van der Waals surface area contributed by atoms with Crippen LogP contribution in [0.15, 0.2) is 0 Å². The summed E-state index contributed by atoms with van der Waals surface area (Å²) < 4.78 is 5.69. The Balaban J connectivity index is -0.000000277. The highest BCUT2D eigenvalue weighted by molar-refractivity contribution is 5.81. The Hall–Kier alpha value is -2.08. The average molecular weight is 650 g/mol. The SMILES string of the molecule is CC.CCC.CCC(C)C(C(CC(=O)N1CCCC1CC(C)C=O)OC)N(C)C(=O)CNC=O.CCCNC.CCNC.CO. The summed E-state index contributed by atoms with van der Waals surface area (Å²) in [6, 6.07) is -0.205. The first-order valence-electron chi connectivity index (χ1n) is 17.0. The van der Waals surface area contributed by atoms with Gasteiger partial charge >= 0.3 is 0 Å². The second kappa shape index (κ2) is 39.9. The van der Waals surface area contributed by atoms with Gasteiger partial charge in [0.1, 0.15) is 6.29 Å². The molecule has 11 nitrogen and oxygen atoms in total. The Labute approximate surface area is 278 Å². The largest absolute Gasteiger partial charge is 0.400 e. The summed E-state index contributed by atoms with van der Waals surface area (Å²) >= 11 is 0. The van der Waals surface area contributed by atoms with Crippen molar-refractivity contribution in [2.75, 3.05) is 61.5 Å². The van der Waals surface area contributed by atoms with Crippen molar-refractivity contribution in [3.8, 4) is 0 Å². The summed E-state index contributed by atoms with van der Waals surface area (Å²) in [5, 5.41) is 15.3. The van der Waals surface area contributed by atoms with Gasteiger partial charge in [0.2, 0.25) is 18.2 Å². The smallest absolute Gasteiger partial charge is 0.242 e. The molecule has 11 heteroatoms. The highest BCUT2D eigenvalue weighted by Crippen LogP contribution is 2.27. The number of aldehydes is 1. The van der Waals surface area contributed by atoms with Gasteiger partial charge in [0.05, 0.1) is 25.1 Å². The lowest BCUT2D eigenvalue weighted by molar-refractivity contribution is -0.142. The Bertz CT molecular complexity index is 653. The third kappa shape index (κ3) is 27.9. The Morgan fingerprint density at radius 2 is 1.58 bits per heavy atom. The molecule has 0 aromatic rings. The fraction of sp³-hybridized carbons (Fsp3) is 0.882. The lowest BCUT2D eigenvalue weighted by Crippen LogP contribution is -2.52. The number of nitrogens with zero attached hydrogens (tertiary/aromatic N) is 2.